The van der Waals surface area contributed by atoms with Gasteiger partial charge in [0.05, 0.1) is 10.7 Å². The Morgan fingerprint density at radius 2 is 2.38 bits per heavy atom. The van der Waals surface area contributed by atoms with E-state index in [1.54, 1.807) is 23.1 Å². The molecule has 6 nitrogen and oxygen atoms in total. The predicted molar refractivity (Wildman–Crippen MR) is 81.9 cm³/mol. The number of carbonyl (C=O) groups excluding carboxylic acids is 3. The number of nitrogens with zero attached hydrogens (tertiary/aromatic N) is 1. The standard InChI is InChI=1S/C13H17N3O3S2/c1-8-14-9(7-21-8)6-20-5-4-12(18)15-10-2-3-11(17)16-13(10)19/h7,10H,2-6H2,1H3,(H,15,18)(H,16,17,19). The van der Waals surface area contributed by atoms with Gasteiger partial charge in [0.2, 0.25) is 17.7 Å². The molecule has 1 aromatic rings. The summed E-state index contributed by atoms with van der Waals surface area (Å²) in [4.78, 5) is 38.6. The molecule has 1 saturated heterocycles. The first-order valence-electron chi connectivity index (χ1n) is 6.66. The van der Waals surface area contributed by atoms with Gasteiger partial charge in [0.1, 0.15) is 6.04 Å². The van der Waals surface area contributed by atoms with Gasteiger partial charge in [-0.2, -0.15) is 11.8 Å². The van der Waals surface area contributed by atoms with Crippen molar-refractivity contribution in [3.8, 4) is 0 Å². The number of aromatic nitrogens is 1. The van der Waals surface area contributed by atoms with Crippen molar-refractivity contribution in [2.24, 2.45) is 0 Å². The Morgan fingerprint density at radius 3 is 3.05 bits per heavy atom. The summed E-state index contributed by atoms with van der Waals surface area (Å²) in [7, 11) is 0. The SMILES string of the molecule is Cc1nc(CSCCC(=O)NC2CCC(=O)NC2=O)cs1. The van der Waals surface area contributed by atoms with E-state index in [1.165, 1.54) is 0 Å². The van der Waals surface area contributed by atoms with Gasteiger partial charge in [-0.05, 0) is 13.3 Å². The number of rotatable bonds is 6. The molecular weight excluding hydrogens is 310 g/mol. The molecule has 8 heteroatoms. The first kappa shape index (κ1) is 16.0. The molecule has 1 atom stereocenters. The predicted octanol–water partition coefficient (Wildman–Crippen LogP) is 0.996. The van der Waals surface area contributed by atoms with E-state index in [0.717, 1.165) is 16.5 Å². The summed E-state index contributed by atoms with van der Waals surface area (Å²) in [5.41, 5.74) is 1.04. The molecule has 0 spiro atoms. The van der Waals surface area contributed by atoms with Crippen molar-refractivity contribution in [3.05, 3.63) is 16.1 Å². The van der Waals surface area contributed by atoms with E-state index in [-0.39, 0.29) is 18.2 Å². The van der Waals surface area contributed by atoms with Crippen LogP contribution in [0.3, 0.4) is 0 Å². The lowest BCUT2D eigenvalue weighted by Gasteiger charge is -2.21. The van der Waals surface area contributed by atoms with Gasteiger partial charge in [0.15, 0.2) is 0 Å². The molecule has 21 heavy (non-hydrogen) atoms. The lowest BCUT2D eigenvalue weighted by atomic mass is 10.1. The van der Waals surface area contributed by atoms with E-state index < -0.39 is 11.9 Å². The summed E-state index contributed by atoms with van der Waals surface area (Å²) < 4.78 is 0. The van der Waals surface area contributed by atoms with Crippen molar-refractivity contribution >= 4 is 40.8 Å². The van der Waals surface area contributed by atoms with Crippen LogP contribution in [0.5, 0.6) is 0 Å². The maximum absolute atomic E-state index is 11.8. The zero-order chi connectivity index (χ0) is 15.2. The van der Waals surface area contributed by atoms with Gasteiger partial charge in [0.25, 0.3) is 0 Å². The third-order valence-corrected chi connectivity index (χ3v) is 4.78. The smallest absolute Gasteiger partial charge is 0.249 e. The molecule has 0 aromatic carbocycles. The Morgan fingerprint density at radius 1 is 1.57 bits per heavy atom. The Hall–Kier alpha value is -1.41. The molecule has 0 bridgehead atoms. The van der Waals surface area contributed by atoms with Crippen LogP contribution in [0.15, 0.2) is 5.38 Å². The highest BCUT2D eigenvalue weighted by Crippen LogP contribution is 2.15. The Balaban J connectivity index is 1.63. The fourth-order valence-corrected chi connectivity index (χ4v) is 3.46. The molecule has 3 amide bonds. The average Bonchev–Trinajstić information content (AvgIpc) is 2.84. The number of imide groups is 1. The van der Waals surface area contributed by atoms with Crippen LogP contribution in [0.25, 0.3) is 0 Å². The summed E-state index contributed by atoms with van der Waals surface area (Å²) in [6, 6.07) is -0.582. The van der Waals surface area contributed by atoms with Gasteiger partial charge < -0.3 is 5.32 Å². The summed E-state index contributed by atoms with van der Waals surface area (Å²) in [6.45, 7) is 1.96. The number of aryl methyl sites for hydroxylation is 1. The Labute approximate surface area is 131 Å². The third kappa shape index (κ3) is 5.13. The van der Waals surface area contributed by atoms with E-state index in [9.17, 15) is 14.4 Å². The molecule has 0 radical (unpaired) electrons. The Bertz CT molecular complexity index is 545. The van der Waals surface area contributed by atoms with Crippen LogP contribution in [-0.2, 0) is 20.1 Å². The molecule has 2 rings (SSSR count). The number of hydrogen-bond acceptors (Lipinski definition) is 6. The molecule has 2 heterocycles. The van der Waals surface area contributed by atoms with Crippen molar-refractivity contribution in [3.63, 3.8) is 0 Å². The summed E-state index contributed by atoms with van der Waals surface area (Å²) >= 11 is 3.26. The van der Waals surface area contributed by atoms with E-state index in [0.29, 0.717) is 18.6 Å². The van der Waals surface area contributed by atoms with Crippen LogP contribution >= 0.6 is 23.1 Å². The molecule has 114 valence electrons. The average molecular weight is 327 g/mol. The van der Waals surface area contributed by atoms with Gasteiger partial charge in [-0.3, -0.25) is 19.7 Å². The van der Waals surface area contributed by atoms with Crippen molar-refractivity contribution in [1.82, 2.24) is 15.6 Å². The fraction of sp³-hybridized carbons (Fsp3) is 0.538. The van der Waals surface area contributed by atoms with Gasteiger partial charge in [-0.15, -0.1) is 11.3 Å². The second-order valence-corrected chi connectivity index (χ2v) is 6.90. The lowest BCUT2D eigenvalue weighted by molar-refractivity contribution is -0.137. The lowest BCUT2D eigenvalue weighted by Crippen LogP contribution is -2.52. The number of nitrogens with one attached hydrogen (secondary N) is 2. The third-order valence-electron chi connectivity index (χ3n) is 2.96. The highest BCUT2D eigenvalue weighted by Gasteiger charge is 2.27. The van der Waals surface area contributed by atoms with Gasteiger partial charge in [-0.1, -0.05) is 0 Å². The quantitative estimate of drug-likeness (QED) is 0.601. The Kier molecular flexibility index (Phi) is 5.75. The maximum Gasteiger partial charge on any atom is 0.249 e. The van der Waals surface area contributed by atoms with Crippen LogP contribution in [0.2, 0.25) is 0 Å². The van der Waals surface area contributed by atoms with Crippen molar-refractivity contribution in [2.45, 2.75) is 38.0 Å². The zero-order valence-electron chi connectivity index (χ0n) is 11.7. The normalized spacial score (nSPS) is 18.4. The molecule has 1 aromatic heterocycles. The van der Waals surface area contributed by atoms with Crippen molar-refractivity contribution in [2.75, 3.05) is 5.75 Å². The van der Waals surface area contributed by atoms with Crippen LogP contribution < -0.4 is 10.6 Å². The maximum atomic E-state index is 11.8. The molecule has 0 aliphatic carbocycles. The molecular formula is C13H17N3O3S2. The number of amides is 3. The molecule has 1 aliphatic rings. The largest absolute Gasteiger partial charge is 0.344 e. The number of hydrogen-bond donors (Lipinski definition) is 2. The minimum Gasteiger partial charge on any atom is -0.344 e. The topological polar surface area (TPSA) is 88.2 Å². The second kappa shape index (κ2) is 7.56. The highest BCUT2D eigenvalue weighted by atomic mass is 32.2. The molecule has 1 fully saturated rings. The van der Waals surface area contributed by atoms with Crippen LogP contribution in [0, 0.1) is 6.92 Å². The van der Waals surface area contributed by atoms with E-state index in [1.807, 2.05) is 12.3 Å². The van der Waals surface area contributed by atoms with Gasteiger partial charge in [-0.25, -0.2) is 4.98 Å². The number of piperidine rings is 1. The molecule has 1 unspecified atom stereocenters. The van der Waals surface area contributed by atoms with Gasteiger partial charge >= 0.3 is 0 Å². The first-order valence-corrected chi connectivity index (χ1v) is 8.70. The molecule has 0 saturated carbocycles. The van der Waals surface area contributed by atoms with Crippen molar-refractivity contribution in [1.29, 1.82) is 0 Å². The number of thioether (sulfide) groups is 1. The first-order chi connectivity index (χ1) is 10.0. The van der Waals surface area contributed by atoms with Crippen LogP contribution in [0.4, 0.5) is 0 Å². The fourth-order valence-electron chi connectivity index (χ4n) is 1.91. The van der Waals surface area contributed by atoms with E-state index in [2.05, 4.69) is 15.6 Å². The van der Waals surface area contributed by atoms with E-state index in [4.69, 9.17) is 0 Å². The number of carbonyl (C=O) groups is 3. The highest BCUT2D eigenvalue weighted by molar-refractivity contribution is 7.98. The van der Waals surface area contributed by atoms with Gasteiger partial charge in [0, 0.05) is 29.7 Å². The second-order valence-electron chi connectivity index (χ2n) is 4.73. The summed E-state index contributed by atoms with van der Waals surface area (Å²) in [6.07, 6.45) is 1.00. The number of thiazole rings is 1. The molecule has 2 N–H and O–H groups in total. The van der Waals surface area contributed by atoms with Crippen LogP contribution in [-0.4, -0.2) is 34.5 Å². The van der Waals surface area contributed by atoms with Crippen LogP contribution in [0.1, 0.15) is 30.0 Å². The summed E-state index contributed by atoms with van der Waals surface area (Å²) in [5.74, 6) is 0.613. The monoisotopic (exact) mass is 327 g/mol. The van der Waals surface area contributed by atoms with Crippen molar-refractivity contribution < 1.29 is 14.4 Å². The van der Waals surface area contributed by atoms with E-state index >= 15 is 0 Å². The summed E-state index contributed by atoms with van der Waals surface area (Å²) in [5, 5.41) is 7.95. The minimum atomic E-state index is -0.582. The molecule has 1 aliphatic heterocycles. The zero-order valence-corrected chi connectivity index (χ0v) is 13.3. The minimum absolute atomic E-state index is 0.161.